The smallest absolute Gasteiger partial charge is 0.343 e. The maximum Gasteiger partial charge on any atom is 0.343 e. The van der Waals surface area contributed by atoms with E-state index < -0.39 is 17.5 Å². The third kappa shape index (κ3) is 4.71. The molecule has 2 fully saturated rings. The number of aryl methyl sites for hydroxylation is 1. The molecule has 1 aliphatic carbocycles. The van der Waals surface area contributed by atoms with Crippen molar-refractivity contribution in [2.75, 3.05) is 25.0 Å². The number of nitrogens with zero attached hydrogens (tertiary/aromatic N) is 1. The molecule has 3 N–H and O–H groups in total. The predicted octanol–water partition coefficient (Wildman–Crippen LogP) is 2.77. The van der Waals surface area contributed by atoms with Gasteiger partial charge in [0, 0.05) is 12.0 Å². The van der Waals surface area contributed by atoms with Crippen LogP contribution in [-0.2, 0) is 19.9 Å². The van der Waals surface area contributed by atoms with Crippen LogP contribution in [0, 0.1) is 24.7 Å². The molecule has 1 saturated heterocycles. The van der Waals surface area contributed by atoms with Gasteiger partial charge in [0.05, 0.1) is 5.92 Å². The van der Waals surface area contributed by atoms with E-state index in [-0.39, 0.29) is 24.3 Å². The van der Waals surface area contributed by atoms with Crippen molar-refractivity contribution in [1.29, 1.82) is 0 Å². The van der Waals surface area contributed by atoms with E-state index in [9.17, 15) is 14.7 Å². The summed E-state index contributed by atoms with van der Waals surface area (Å²) in [6, 6.07) is 10.6. The molecule has 1 amide bonds. The van der Waals surface area contributed by atoms with E-state index >= 15 is 0 Å². The highest BCUT2D eigenvalue weighted by atomic mass is 16.6. The number of nitrogens with one attached hydrogen (secondary N) is 2. The van der Waals surface area contributed by atoms with E-state index in [0.29, 0.717) is 23.7 Å². The number of aliphatic hydroxyl groups is 1. The van der Waals surface area contributed by atoms with Gasteiger partial charge in [0.25, 0.3) is 0 Å². The van der Waals surface area contributed by atoms with Crippen LogP contribution < -0.4 is 10.6 Å². The van der Waals surface area contributed by atoms with E-state index in [0.717, 1.165) is 38.6 Å². The molecule has 2 aromatic rings. The number of benzene rings is 1. The van der Waals surface area contributed by atoms with Crippen molar-refractivity contribution in [3.63, 3.8) is 0 Å². The van der Waals surface area contributed by atoms with Gasteiger partial charge in [0.15, 0.2) is 11.4 Å². The molecule has 0 spiro atoms. The lowest BCUT2D eigenvalue weighted by Crippen LogP contribution is -2.45. The molecule has 1 aliphatic heterocycles. The van der Waals surface area contributed by atoms with E-state index in [4.69, 9.17) is 9.26 Å². The highest BCUT2D eigenvalue weighted by Crippen LogP contribution is 2.41. The Morgan fingerprint density at radius 2 is 2.03 bits per heavy atom. The van der Waals surface area contributed by atoms with Crippen LogP contribution in [0.25, 0.3) is 0 Å². The summed E-state index contributed by atoms with van der Waals surface area (Å²) < 4.78 is 10.7. The predicted molar refractivity (Wildman–Crippen MR) is 118 cm³/mol. The van der Waals surface area contributed by atoms with Gasteiger partial charge in [-0.3, -0.25) is 4.79 Å². The molecule has 1 saturated carbocycles. The number of carbonyl (C=O) groups excluding carboxylic acids is 2. The van der Waals surface area contributed by atoms with Crippen LogP contribution in [0.15, 0.2) is 40.9 Å². The van der Waals surface area contributed by atoms with Crippen molar-refractivity contribution in [2.45, 2.75) is 44.6 Å². The van der Waals surface area contributed by atoms with Gasteiger partial charge in [0.2, 0.25) is 5.91 Å². The van der Waals surface area contributed by atoms with E-state index in [1.807, 2.05) is 18.2 Å². The molecule has 4 rings (SSSR count). The van der Waals surface area contributed by atoms with Crippen molar-refractivity contribution < 1.29 is 24.0 Å². The lowest BCUT2D eigenvalue weighted by atomic mass is 9.80. The highest BCUT2D eigenvalue weighted by molar-refractivity contribution is 5.92. The summed E-state index contributed by atoms with van der Waals surface area (Å²) in [4.78, 5) is 26.3. The zero-order valence-electron chi connectivity index (χ0n) is 18.4. The first-order valence-corrected chi connectivity index (χ1v) is 11.4. The molecule has 8 heteroatoms. The summed E-state index contributed by atoms with van der Waals surface area (Å²) in [5.41, 5.74) is -1.17. The van der Waals surface area contributed by atoms with Crippen molar-refractivity contribution in [3.8, 4) is 0 Å². The lowest BCUT2D eigenvalue weighted by molar-refractivity contribution is -0.175. The summed E-state index contributed by atoms with van der Waals surface area (Å²) in [7, 11) is 0. The van der Waals surface area contributed by atoms with Crippen LogP contribution in [0.4, 0.5) is 5.82 Å². The zero-order chi connectivity index (χ0) is 22.6. The first-order chi connectivity index (χ1) is 15.5. The topological polar surface area (TPSA) is 114 Å². The highest BCUT2D eigenvalue weighted by Gasteiger charge is 2.48. The number of hydrogen-bond donors (Lipinski definition) is 3. The number of hydrogen-bond acceptors (Lipinski definition) is 7. The van der Waals surface area contributed by atoms with Crippen molar-refractivity contribution >= 4 is 17.7 Å². The van der Waals surface area contributed by atoms with Crippen LogP contribution >= 0.6 is 0 Å². The number of carbonyl (C=O) groups is 2. The first-order valence-electron chi connectivity index (χ1n) is 11.4. The second-order valence-electron chi connectivity index (χ2n) is 8.88. The molecular weight excluding hydrogens is 410 g/mol. The van der Waals surface area contributed by atoms with E-state index in [2.05, 4.69) is 15.8 Å². The van der Waals surface area contributed by atoms with Gasteiger partial charge in [-0.25, -0.2) is 4.79 Å². The van der Waals surface area contributed by atoms with Gasteiger partial charge < -0.3 is 25.0 Å². The molecule has 1 aromatic carbocycles. The molecule has 2 aliphatic rings. The Balaban J connectivity index is 1.50. The lowest BCUT2D eigenvalue weighted by Gasteiger charge is -2.33. The molecule has 3 atom stereocenters. The second kappa shape index (κ2) is 9.83. The van der Waals surface area contributed by atoms with Gasteiger partial charge in [-0.1, -0.05) is 48.3 Å². The number of ether oxygens (including phenoxy) is 1. The number of anilines is 1. The van der Waals surface area contributed by atoms with Gasteiger partial charge in [-0.05, 0) is 50.8 Å². The monoisotopic (exact) mass is 441 g/mol. The average molecular weight is 442 g/mol. The fourth-order valence-electron chi connectivity index (χ4n) is 4.92. The summed E-state index contributed by atoms with van der Waals surface area (Å²) in [6.07, 6.45) is 4.29. The van der Waals surface area contributed by atoms with Crippen molar-refractivity contribution in [1.82, 2.24) is 10.5 Å². The van der Waals surface area contributed by atoms with Crippen LogP contribution in [0.1, 0.15) is 43.4 Å². The fraction of sp³-hybridized carbons (Fsp3) is 0.542. The van der Waals surface area contributed by atoms with E-state index in [1.165, 1.54) is 0 Å². The van der Waals surface area contributed by atoms with Crippen molar-refractivity contribution in [3.05, 3.63) is 47.7 Å². The average Bonchev–Trinajstić information content (AvgIpc) is 3.57. The normalized spacial score (nSPS) is 21.8. The maximum absolute atomic E-state index is 13.3. The van der Waals surface area contributed by atoms with Gasteiger partial charge in [0.1, 0.15) is 12.4 Å². The fourth-order valence-corrected chi connectivity index (χ4v) is 4.92. The van der Waals surface area contributed by atoms with Gasteiger partial charge in [-0.2, -0.15) is 0 Å². The molecule has 0 bridgehead atoms. The molecule has 172 valence electrons. The molecule has 2 unspecified atom stereocenters. The number of rotatable bonds is 8. The van der Waals surface area contributed by atoms with E-state index in [1.54, 1.807) is 25.1 Å². The largest absolute Gasteiger partial charge is 0.462 e. The molecule has 8 nitrogen and oxygen atoms in total. The zero-order valence-corrected chi connectivity index (χ0v) is 18.4. The quantitative estimate of drug-likeness (QED) is 0.540. The summed E-state index contributed by atoms with van der Waals surface area (Å²) in [5.74, 6) is -0.769. The summed E-state index contributed by atoms with van der Waals surface area (Å²) in [5, 5.41) is 21.4. The number of amides is 1. The number of aromatic nitrogens is 1. The molecule has 1 aromatic heterocycles. The second-order valence-corrected chi connectivity index (χ2v) is 8.88. The Morgan fingerprint density at radius 1 is 1.28 bits per heavy atom. The summed E-state index contributed by atoms with van der Waals surface area (Å²) >= 11 is 0. The Labute approximate surface area is 187 Å². The minimum atomic E-state index is -1.71. The maximum atomic E-state index is 13.3. The number of esters is 1. The van der Waals surface area contributed by atoms with Gasteiger partial charge in [-0.15, -0.1) is 0 Å². The Kier molecular flexibility index (Phi) is 6.91. The first kappa shape index (κ1) is 22.5. The minimum absolute atomic E-state index is 0.0205. The molecule has 2 heterocycles. The van der Waals surface area contributed by atoms with Crippen LogP contribution in [0.5, 0.6) is 0 Å². The van der Waals surface area contributed by atoms with Gasteiger partial charge >= 0.3 is 5.97 Å². The van der Waals surface area contributed by atoms with Crippen LogP contribution in [0.3, 0.4) is 0 Å². The SMILES string of the molecule is Cc1cc(NC(=O)C(COC(=O)C(O)(c2ccccc2)C2CCCC2)[C@H]2CCNC2)no1. The molecular formula is C24H31N3O5. The minimum Gasteiger partial charge on any atom is -0.462 e. The standard InChI is InChI=1S/C24H31N3O5/c1-16-13-21(27-32-16)26-22(28)20(17-11-12-25-14-17)15-31-23(29)24(30,19-9-5-6-10-19)18-7-3-2-4-8-18/h2-4,7-8,13,17,19-20,25,30H,5-6,9-12,14-15H2,1H3,(H,26,27,28)/t17-,20?,24?/m0/s1. The molecule has 32 heavy (non-hydrogen) atoms. The summed E-state index contributed by atoms with van der Waals surface area (Å²) in [6.45, 7) is 3.12. The Morgan fingerprint density at radius 3 is 2.66 bits per heavy atom. The van der Waals surface area contributed by atoms with Crippen molar-refractivity contribution in [2.24, 2.45) is 17.8 Å². The Hall–Kier alpha value is -2.71. The molecule has 0 radical (unpaired) electrons. The van der Waals surface area contributed by atoms with Crippen LogP contribution in [0.2, 0.25) is 0 Å². The Bertz CT molecular complexity index is 919. The third-order valence-electron chi connectivity index (χ3n) is 6.75. The third-order valence-corrected chi connectivity index (χ3v) is 6.75. The van der Waals surface area contributed by atoms with Crippen LogP contribution in [-0.4, -0.2) is 41.8 Å².